The van der Waals surface area contributed by atoms with E-state index in [0.29, 0.717) is 6.54 Å². The van der Waals surface area contributed by atoms with E-state index in [1.807, 2.05) is 11.3 Å². The van der Waals surface area contributed by atoms with Gasteiger partial charge in [0.05, 0.1) is 0 Å². The Hall–Kier alpha value is -1.16. The molecule has 0 saturated carbocycles. The normalized spacial score (nSPS) is 15.9. The Bertz CT molecular complexity index is 561. The summed E-state index contributed by atoms with van der Waals surface area (Å²) in [6.07, 6.45) is 2.34. The summed E-state index contributed by atoms with van der Waals surface area (Å²) in [5.74, 6) is 0. The Morgan fingerprint density at radius 1 is 1.15 bits per heavy atom. The fourth-order valence-corrected chi connectivity index (χ4v) is 3.89. The second-order valence-corrected chi connectivity index (χ2v) is 6.88. The van der Waals surface area contributed by atoms with Gasteiger partial charge in [-0.05, 0) is 42.5 Å². The van der Waals surface area contributed by atoms with Gasteiger partial charge in [-0.25, -0.2) is 0 Å². The predicted molar refractivity (Wildman–Crippen MR) is 86.1 cm³/mol. The van der Waals surface area contributed by atoms with Crippen LogP contribution >= 0.6 is 11.3 Å². The van der Waals surface area contributed by atoms with Crippen LogP contribution in [-0.2, 0) is 25.9 Å². The molecule has 2 heterocycles. The van der Waals surface area contributed by atoms with Crippen LogP contribution in [0.1, 0.15) is 26.4 Å². The molecule has 0 radical (unpaired) electrons. The summed E-state index contributed by atoms with van der Waals surface area (Å²) >= 11 is 1.84. The number of nitrogens with zero attached hydrogens (tertiary/aromatic N) is 1. The molecule has 20 heavy (non-hydrogen) atoms. The lowest BCUT2D eigenvalue weighted by atomic mass is 10.0. The van der Waals surface area contributed by atoms with E-state index in [4.69, 9.17) is 5.73 Å². The van der Waals surface area contributed by atoms with Gasteiger partial charge in [0.15, 0.2) is 0 Å². The molecule has 1 aromatic heterocycles. The third kappa shape index (κ3) is 2.95. The summed E-state index contributed by atoms with van der Waals surface area (Å²) in [5.41, 5.74) is 10.3. The van der Waals surface area contributed by atoms with E-state index in [2.05, 4.69) is 42.2 Å². The number of fused-ring (bicyclic) bond motifs is 1. The molecule has 0 spiro atoms. The second kappa shape index (κ2) is 6.08. The minimum Gasteiger partial charge on any atom is -0.326 e. The SMILES string of the molecule is Cc1sc(CN)cc1CN1CCc2ccccc2CC1. The molecular weight excluding hydrogens is 264 g/mol. The molecule has 0 bridgehead atoms. The molecule has 3 heteroatoms. The molecule has 0 saturated heterocycles. The molecule has 0 unspecified atom stereocenters. The fourth-order valence-electron chi connectivity index (χ4n) is 2.96. The van der Waals surface area contributed by atoms with Crippen LogP contribution in [0.2, 0.25) is 0 Å². The van der Waals surface area contributed by atoms with Gasteiger partial charge >= 0.3 is 0 Å². The first-order chi connectivity index (χ1) is 9.76. The molecule has 3 rings (SSSR count). The first kappa shape index (κ1) is 13.8. The van der Waals surface area contributed by atoms with Crippen molar-refractivity contribution in [1.29, 1.82) is 0 Å². The standard InChI is InChI=1S/C17H22N2S/c1-13-16(10-17(11-18)20-13)12-19-8-6-14-4-2-3-5-15(14)7-9-19/h2-5,10H,6-9,11-12,18H2,1H3. The summed E-state index contributed by atoms with van der Waals surface area (Å²) in [5, 5.41) is 0. The van der Waals surface area contributed by atoms with Gasteiger partial charge in [-0.15, -0.1) is 11.3 Å². The quantitative estimate of drug-likeness (QED) is 0.939. The van der Waals surface area contributed by atoms with E-state index >= 15 is 0 Å². The minimum absolute atomic E-state index is 0.664. The first-order valence-corrected chi connectivity index (χ1v) is 8.15. The summed E-state index contributed by atoms with van der Waals surface area (Å²) in [4.78, 5) is 5.30. The average molecular weight is 286 g/mol. The lowest BCUT2D eigenvalue weighted by molar-refractivity contribution is 0.279. The summed E-state index contributed by atoms with van der Waals surface area (Å²) in [7, 11) is 0. The highest BCUT2D eigenvalue weighted by Gasteiger charge is 2.15. The lowest BCUT2D eigenvalue weighted by Gasteiger charge is -2.19. The van der Waals surface area contributed by atoms with Crippen molar-refractivity contribution in [1.82, 2.24) is 4.90 Å². The van der Waals surface area contributed by atoms with Crippen LogP contribution in [0.5, 0.6) is 0 Å². The van der Waals surface area contributed by atoms with Crippen LogP contribution in [0.25, 0.3) is 0 Å². The molecule has 1 aliphatic rings. The van der Waals surface area contributed by atoms with Crippen molar-refractivity contribution < 1.29 is 0 Å². The predicted octanol–water partition coefficient (Wildman–Crippen LogP) is 3.12. The van der Waals surface area contributed by atoms with Gasteiger partial charge in [0, 0.05) is 35.9 Å². The van der Waals surface area contributed by atoms with E-state index in [0.717, 1.165) is 19.6 Å². The first-order valence-electron chi connectivity index (χ1n) is 7.33. The summed E-state index contributed by atoms with van der Waals surface area (Å²) in [6, 6.07) is 11.2. The van der Waals surface area contributed by atoms with Crippen LogP contribution in [0, 0.1) is 6.92 Å². The maximum Gasteiger partial charge on any atom is 0.0274 e. The van der Waals surface area contributed by atoms with E-state index < -0.39 is 0 Å². The Morgan fingerprint density at radius 2 is 1.80 bits per heavy atom. The Labute approximate surface area is 125 Å². The van der Waals surface area contributed by atoms with Gasteiger partial charge in [-0.2, -0.15) is 0 Å². The Kier molecular flexibility index (Phi) is 4.20. The monoisotopic (exact) mass is 286 g/mol. The summed E-state index contributed by atoms with van der Waals surface area (Å²) in [6.45, 7) is 6.26. The van der Waals surface area contributed by atoms with E-state index in [-0.39, 0.29) is 0 Å². The van der Waals surface area contributed by atoms with Crippen molar-refractivity contribution in [3.63, 3.8) is 0 Å². The zero-order chi connectivity index (χ0) is 13.9. The smallest absolute Gasteiger partial charge is 0.0274 e. The van der Waals surface area contributed by atoms with E-state index in [9.17, 15) is 0 Å². The maximum absolute atomic E-state index is 5.74. The molecule has 1 aliphatic heterocycles. The van der Waals surface area contributed by atoms with Crippen LogP contribution < -0.4 is 5.73 Å². The zero-order valence-corrected chi connectivity index (χ0v) is 12.9. The number of nitrogens with two attached hydrogens (primary N) is 1. The van der Waals surface area contributed by atoms with Crippen LogP contribution in [0.15, 0.2) is 30.3 Å². The van der Waals surface area contributed by atoms with Gasteiger partial charge in [0.1, 0.15) is 0 Å². The Morgan fingerprint density at radius 3 is 2.35 bits per heavy atom. The highest BCUT2D eigenvalue weighted by molar-refractivity contribution is 7.12. The fraction of sp³-hybridized carbons (Fsp3) is 0.412. The largest absolute Gasteiger partial charge is 0.326 e. The van der Waals surface area contributed by atoms with Crippen LogP contribution in [0.4, 0.5) is 0 Å². The van der Waals surface area contributed by atoms with Gasteiger partial charge in [-0.1, -0.05) is 24.3 Å². The van der Waals surface area contributed by atoms with Crippen molar-refractivity contribution >= 4 is 11.3 Å². The topological polar surface area (TPSA) is 29.3 Å². The number of aryl methyl sites for hydroxylation is 1. The van der Waals surface area contributed by atoms with Gasteiger partial charge in [0.2, 0.25) is 0 Å². The van der Waals surface area contributed by atoms with Crippen molar-refractivity contribution in [3.05, 3.63) is 56.8 Å². The van der Waals surface area contributed by atoms with Crippen LogP contribution in [-0.4, -0.2) is 18.0 Å². The molecule has 0 aliphatic carbocycles. The number of thiophene rings is 1. The average Bonchev–Trinajstić information content (AvgIpc) is 2.70. The van der Waals surface area contributed by atoms with Gasteiger partial charge in [-0.3, -0.25) is 4.90 Å². The zero-order valence-electron chi connectivity index (χ0n) is 12.1. The molecule has 2 N–H and O–H groups in total. The molecule has 2 nitrogen and oxygen atoms in total. The molecule has 1 aromatic carbocycles. The molecule has 106 valence electrons. The molecule has 0 fully saturated rings. The maximum atomic E-state index is 5.74. The van der Waals surface area contributed by atoms with Gasteiger partial charge in [0.25, 0.3) is 0 Å². The van der Waals surface area contributed by atoms with E-state index in [1.54, 1.807) is 0 Å². The van der Waals surface area contributed by atoms with E-state index in [1.165, 1.54) is 39.3 Å². The molecule has 0 atom stereocenters. The number of rotatable bonds is 3. The molecular formula is C17H22N2S. The van der Waals surface area contributed by atoms with Crippen molar-refractivity contribution in [2.24, 2.45) is 5.73 Å². The lowest BCUT2D eigenvalue weighted by Crippen LogP contribution is -2.26. The van der Waals surface area contributed by atoms with Crippen molar-refractivity contribution in [3.8, 4) is 0 Å². The third-order valence-corrected chi connectivity index (χ3v) is 5.29. The van der Waals surface area contributed by atoms with Crippen molar-refractivity contribution in [2.45, 2.75) is 32.9 Å². The van der Waals surface area contributed by atoms with Crippen molar-refractivity contribution in [2.75, 3.05) is 13.1 Å². The molecule has 0 amide bonds. The number of hydrogen-bond donors (Lipinski definition) is 1. The highest BCUT2D eigenvalue weighted by atomic mass is 32.1. The Balaban J connectivity index is 1.69. The molecule has 2 aromatic rings. The number of hydrogen-bond acceptors (Lipinski definition) is 3. The number of benzene rings is 1. The van der Waals surface area contributed by atoms with Crippen LogP contribution in [0.3, 0.4) is 0 Å². The third-order valence-electron chi connectivity index (χ3n) is 4.18. The minimum atomic E-state index is 0.664. The second-order valence-electron chi connectivity index (χ2n) is 5.54. The van der Waals surface area contributed by atoms with Gasteiger partial charge < -0.3 is 5.73 Å². The summed E-state index contributed by atoms with van der Waals surface area (Å²) < 4.78 is 0. The highest BCUT2D eigenvalue weighted by Crippen LogP contribution is 2.24.